The summed E-state index contributed by atoms with van der Waals surface area (Å²) in [5.74, 6) is 0.751. The smallest absolute Gasteiger partial charge is 0.139 e. The molecule has 3 aromatic rings. The Morgan fingerprint density at radius 3 is 2.56 bits per heavy atom. The molecule has 0 saturated carbocycles. The van der Waals surface area contributed by atoms with Gasteiger partial charge in [0.25, 0.3) is 0 Å². The Labute approximate surface area is 109 Å². The fourth-order valence-electron chi connectivity index (χ4n) is 1.76. The van der Waals surface area contributed by atoms with Crippen molar-refractivity contribution in [2.24, 2.45) is 0 Å². The first kappa shape index (κ1) is 11.0. The van der Waals surface area contributed by atoms with Gasteiger partial charge < -0.3 is 4.98 Å². The number of imidazole rings is 1. The molecule has 0 fully saturated rings. The molecule has 0 atom stereocenters. The van der Waals surface area contributed by atoms with Crippen molar-refractivity contribution in [1.82, 2.24) is 15.0 Å². The Morgan fingerprint density at radius 2 is 1.78 bits per heavy atom. The highest BCUT2D eigenvalue weighted by molar-refractivity contribution is 6.33. The number of aromatic amines is 1. The van der Waals surface area contributed by atoms with Crippen LogP contribution in [0.2, 0.25) is 5.02 Å². The van der Waals surface area contributed by atoms with E-state index in [-0.39, 0.29) is 0 Å². The van der Waals surface area contributed by atoms with Crippen LogP contribution in [-0.4, -0.2) is 15.0 Å². The highest BCUT2D eigenvalue weighted by Crippen LogP contribution is 2.26. The molecule has 1 aromatic carbocycles. The van der Waals surface area contributed by atoms with Gasteiger partial charge in [-0.1, -0.05) is 29.8 Å². The summed E-state index contributed by atoms with van der Waals surface area (Å²) in [5, 5.41) is 0.680. The molecule has 0 spiro atoms. The van der Waals surface area contributed by atoms with Gasteiger partial charge in [-0.15, -0.1) is 0 Å². The van der Waals surface area contributed by atoms with E-state index in [4.69, 9.17) is 11.6 Å². The van der Waals surface area contributed by atoms with Crippen molar-refractivity contribution < 1.29 is 0 Å². The number of nitrogens with zero attached hydrogens (tertiary/aromatic N) is 2. The van der Waals surface area contributed by atoms with Crippen LogP contribution in [0.25, 0.3) is 22.8 Å². The average molecular weight is 256 g/mol. The van der Waals surface area contributed by atoms with Crippen molar-refractivity contribution in [3.8, 4) is 22.8 Å². The van der Waals surface area contributed by atoms with Crippen molar-refractivity contribution >= 4 is 11.6 Å². The number of hydrogen-bond donors (Lipinski definition) is 1. The second kappa shape index (κ2) is 4.63. The van der Waals surface area contributed by atoms with E-state index in [1.54, 1.807) is 12.4 Å². The van der Waals surface area contributed by atoms with E-state index in [0.717, 1.165) is 22.8 Å². The molecule has 2 aromatic heterocycles. The summed E-state index contributed by atoms with van der Waals surface area (Å²) < 4.78 is 0. The minimum Gasteiger partial charge on any atom is -0.337 e. The number of nitrogens with one attached hydrogen (secondary N) is 1. The Kier molecular flexibility index (Phi) is 2.82. The predicted molar refractivity (Wildman–Crippen MR) is 72.3 cm³/mol. The molecule has 2 heterocycles. The molecular formula is C14H10ClN3. The monoisotopic (exact) mass is 255 g/mol. The highest BCUT2D eigenvalue weighted by Gasteiger charge is 2.08. The Bertz CT molecular complexity index is 662. The van der Waals surface area contributed by atoms with Gasteiger partial charge >= 0.3 is 0 Å². The molecular weight excluding hydrogens is 246 g/mol. The lowest BCUT2D eigenvalue weighted by molar-refractivity contribution is 1.27. The zero-order chi connectivity index (χ0) is 12.4. The summed E-state index contributed by atoms with van der Waals surface area (Å²) in [7, 11) is 0. The molecule has 0 bridgehead atoms. The van der Waals surface area contributed by atoms with Crippen LogP contribution >= 0.6 is 11.6 Å². The number of hydrogen-bond acceptors (Lipinski definition) is 2. The fraction of sp³-hybridized carbons (Fsp3) is 0. The van der Waals surface area contributed by atoms with Crippen LogP contribution < -0.4 is 0 Å². The van der Waals surface area contributed by atoms with Crippen LogP contribution in [0.4, 0.5) is 0 Å². The summed E-state index contributed by atoms with van der Waals surface area (Å²) in [6.45, 7) is 0. The third-order valence-electron chi connectivity index (χ3n) is 2.65. The minimum atomic E-state index is 0.680. The highest BCUT2D eigenvalue weighted by atomic mass is 35.5. The van der Waals surface area contributed by atoms with Gasteiger partial charge in [0, 0.05) is 11.8 Å². The van der Waals surface area contributed by atoms with Crippen molar-refractivity contribution in [3.05, 3.63) is 59.9 Å². The molecule has 0 unspecified atom stereocenters. The first-order valence-electron chi connectivity index (χ1n) is 5.56. The molecule has 3 rings (SSSR count). The molecule has 1 N–H and O–H groups in total. The number of aromatic nitrogens is 3. The zero-order valence-electron chi connectivity index (χ0n) is 9.47. The van der Waals surface area contributed by atoms with Crippen LogP contribution in [0.15, 0.2) is 54.9 Å². The number of halogens is 1. The number of pyridine rings is 1. The van der Waals surface area contributed by atoms with Gasteiger partial charge in [-0.2, -0.15) is 0 Å². The van der Waals surface area contributed by atoms with Crippen molar-refractivity contribution in [2.75, 3.05) is 0 Å². The molecule has 4 heteroatoms. The topological polar surface area (TPSA) is 41.6 Å². The first-order valence-corrected chi connectivity index (χ1v) is 5.94. The lowest BCUT2D eigenvalue weighted by atomic mass is 10.2. The molecule has 0 amide bonds. The van der Waals surface area contributed by atoms with E-state index in [1.165, 1.54) is 0 Å². The van der Waals surface area contributed by atoms with E-state index >= 15 is 0 Å². The van der Waals surface area contributed by atoms with Gasteiger partial charge in [-0.05, 0) is 24.3 Å². The van der Waals surface area contributed by atoms with Gasteiger partial charge in [-0.3, -0.25) is 4.98 Å². The van der Waals surface area contributed by atoms with Gasteiger partial charge in [0.15, 0.2) is 0 Å². The summed E-state index contributed by atoms with van der Waals surface area (Å²) in [4.78, 5) is 11.8. The maximum absolute atomic E-state index is 6.14. The first-order chi connectivity index (χ1) is 8.84. The SMILES string of the molecule is Clc1ccccc1-c1ncc(-c2ccccn2)[nH]1. The van der Waals surface area contributed by atoms with Crippen LogP contribution in [0.5, 0.6) is 0 Å². The van der Waals surface area contributed by atoms with Crippen molar-refractivity contribution in [1.29, 1.82) is 0 Å². The third kappa shape index (κ3) is 2.00. The van der Waals surface area contributed by atoms with Crippen molar-refractivity contribution in [2.45, 2.75) is 0 Å². The second-order valence-corrected chi connectivity index (χ2v) is 4.25. The molecule has 0 aliphatic heterocycles. The third-order valence-corrected chi connectivity index (χ3v) is 2.98. The Balaban J connectivity index is 2.03. The number of benzene rings is 1. The minimum absolute atomic E-state index is 0.680. The Morgan fingerprint density at radius 1 is 0.944 bits per heavy atom. The average Bonchev–Trinajstić information content (AvgIpc) is 2.90. The zero-order valence-corrected chi connectivity index (χ0v) is 10.2. The van der Waals surface area contributed by atoms with E-state index < -0.39 is 0 Å². The van der Waals surface area contributed by atoms with Gasteiger partial charge in [0.2, 0.25) is 0 Å². The van der Waals surface area contributed by atoms with E-state index in [2.05, 4.69) is 15.0 Å². The van der Waals surface area contributed by atoms with E-state index in [1.807, 2.05) is 42.5 Å². The van der Waals surface area contributed by atoms with Crippen LogP contribution in [0.1, 0.15) is 0 Å². The largest absolute Gasteiger partial charge is 0.337 e. The molecule has 0 aliphatic rings. The van der Waals surface area contributed by atoms with Crippen LogP contribution in [-0.2, 0) is 0 Å². The van der Waals surface area contributed by atoms with Gasteiger partial charge in [-0.25, -0.2) is 4.98 Å². The molecule has 88 valence electrons. The maximum atomic E-state index is 6.14. The summed E-state index contributed by atoms with van der Waals surface area (Å²) in [6, 6.07) is 13.4. The van der Waals surface area contributed by atoms with Crippen LogP contribution in [0.3, 0.4) is 0 Å². The summed E-state index contributed by atoms with van der Waals surface area (Å²) in [5.41, 5.74) is 2.63. The normalized spacial score (nSPS) is 10.5. The molecule has 0 saturated heterocycles. The van der Waals surface area contributed by atoms with Gasteiger partial charge in [0.1, 0.15) is 5.82 Å². The van der Waals surface area contributed by atoms with Crippen molar-refractivity contribution in [3.63, 3.8) is 0 Å². The maximum Gasteiger partial charge on any atom is 0.139 e. The lowest BCUT2D eigenvalue weighted by Crippen LogP contribution is -1.83. The second-order valence-electron chi connectivity index (χ2n) is 3.84. The number of rotatable bonds is 2. The van der Waals surface area contributed by atoms with E-state index in [0.29, 0.717) is 5.02 Å². The predicted octanol–water partition coefficient (Wildman–Crippen LogP) is 3.79. The lowest BCUT2D eigenvalue weighted by Gasteiger charge is -1.99. The number of H-pyrrole nitrogens is 1. The van der Waals surface area contributed by atoms with E-state index in [9.17, 15) is 0 Å². The summed E-state index contributed by atoms with van der Waals surface area (Å²) >= 11 is 6.14. The quantitative estimate of drug-likeness (QED) is 0.757. The molecule has 18 heavy (non-hydrogen) atoms. The standard InChI is InChI=1S/C14H10ClN3/c15-11-6-2-1-5-10(11)14-17-9-13(18-14)12-7-3-4-8-16-12/h1-9H,(H,17,18). The molecule has 0 aliphatic carbocycles. The van der Waals surface area contributed by atoms with Gasteiger partial charge in [0.05, 0.1) is 22.6 Å². The molecule has 3 nitrogen and oxygen atoms in total. The summed E-state index contributed by atoms with van der Waals surface area (Å²) in [6.07, 6.45) is 3.52. The van der Waals surface area contributed by atoms with Crippen LogP contribution in [0, 0.1) is 0 Å². The Hall–Kier alpha value is -2.13. The molecule has 0 radical (unpaired) electrons. The fourth-order valence-corrected chi connectivity index (χ4v) is 1.99.